The Hall–Kier alpha value is -1.09. The lowest BCUT2D eigenvalue weighted by molar-refractivity contribution is 0.222. The first-order chi connectivity index (χ1) is 7.18. The highest BCUT2D eigenvalue weighted by molar-refractivity contribution is 5.40. The van der Waals surface area contributed by atoms with E-state index in [9.17, 15) is 9.50 Å². The van der Waals surface area contributed by atoms with Crippen LogP contribution in [0.25, 0.3) is 0 Å². The molecule has 82 valence electrons. The Morgan fingerprint density at radius 3 is 2.67 bits per heavy atom. The van der Waals surface area contributed by atoms with Gasteiger partial charge in [0.25, 0.3) is 0 Å². The third-order valence-corrected chi connectivity index (χ3v) is 3.46. The first kappa shape index (κ1) is 10.4. The summed E-state index contributed by atoms with van der Waals surface area (Å²) in [5.74, 6) is -0.0874. The molecule has 0 aliphatic heterocycles. The highest BCUT2D eigenvalue weighted by Gasteiger charge is 2.39. The third-order valence-electron chi connectivity index (χ3n) is 3.46. The molecule has 0 bridgehead atoms. The molecule has 3 N–H and O–H groups in total. The number of nitrogens with two attached hydrogens (primary N) is 1. The van der Waals surface area contributed by atoms with E-state index in [1.807, 2.05) is 0 Å². The average molecular weight is 209 g/mol. The van der Waals surface area contributed by atoms with Gasteiger partial charge in [-0.2, -0.15) is 0 Å². The fourth-order valence-corrected chi connectivity index (χ4v) is 2.47. The quantitative estimate of drug-likeness (QED) is 0.802. The van der Waals surface area contributed by atoms with Gasteiger partial charge < -0.3 is 10.8 Å². The first-order valence-corrected chi connectivity index (χ1v) is 5.37. The molecule has 0 heterocycles. The molecule has 0 saturated heterocycles. The number of hydrogen-bond donors (Lipinski definition) is 2. The maximum absolute atomic E-state index is 13.1. The van der Waals surface area contributed by atoms with E-state index >= 15 is 0 Å². The van der Waals surface area contributed by atoms with Gasteiger partial charge in [-0.3, -0.25) is 0 Å². The zero-order chi connectivity index (χ0) is 10.9. The minimum atomic E-state index is -0.286. The topological polar surface area (TPSA) is 46.2 Å². The van der Waals surface area contributed by atoms with Gasteiger partial charge in [-0.25, -0.2) is 4.39 Å². The summed E-state index contributed by atoms with van der Waals surface area (Å²) in [5.41, 5.74) is 6.24. The van der Waals surface area contributed by atoms with Gasteiger partial charge >= 0.3 is 0 Å². The second-order valence-electron chi connectivity index (χ2n) is 4.33. The van der Waals surface area contributed by atoms with Crippen LogP contribution in [0.5, 0.6) is 5.75 Å². The molecule has 3 heteroatoms. The third kappa shape index (κ3) is 1.72. The zero-order valence-corrected chi connectivity index (χ0v) is 8.67. The summed E-state index contributed by atoms with van der Waals surface area (Å²) in [4.78, 5) is 0. The molecule has 1 aliphatic rings. The number of hydrogen-bond acceptors (Lipinski definition) is 2. The molecular formula is C12H16FNO. The summed E-state index contributed by atoms with van der Waals surface area (Å²) in [5, 5.41) is 9.75. The van der Waals surface area contributed by atoms with Crippen LogP contribution in [0, 0.1) is 5.82 Å². The Labute approximate surface area is 88.9 Å². The molecule has 2 rings (SSSR count). The summed E-state index contributed by atoms with van der Waals surface area (Å²) >= 11 is 0. The van der Waals surface area contributed by atoms with Crippen LogP contribution in [0.3, 0.4) is 0 Å². The number of aromatic hydroxyl groups is 1. The van der Waals surface area contributed by atoms with Crippen molar-refractivity contribution in [1.82, 2.24) is 0 Å². The van der Waals surface area contributed by atoms with Crippen molar-refractivity contribution in [2.24, 2.45) is 5.73 Å². The van der Waals surface area contributed by atoms with E-state index in [-0.39, 0.29) is 17.0 Å². The highest BCUT2D eigenvalue weighted by Crippen LogP contribution is 2.49. The van der Waals surface area contributed by atoms with Gasteiger partial charge in [-0.1, -0.05) is 6.42 Å². The monoisotopic (exact) mass is 209 g/mol. The first-order valence-electron chi connectivity index (χ1n) is 5.37. The largest absolute Gasteiger partial charge is 0.508 e. The van der Waals surface area contributed by atoms with E-state index in [0.717, 1.165) is 31.2 Å². The summed E-state index contributed by atoms with van der Waals surface area (Å²) in [6.07, 6.45) is 3.96. The van der Waals surface area contributed by atoms with Crippen LogP contribution in [0.15, 0.2) is 18.2 Å². The molecule has 0 atom stereocenters. The fraction of sp³-hybridized carbons (Fsp3) is 0.500. The van der Waals surface area contributed by atoms with Crippen molar-refractivity contribution in [2.75, 3.05) is 6.54 Å². The minimum Gasteiger partial charge on any atom is -0.508 e. The molecule has 1 aromatic carbocycles. The van der Waals surface area contributed by atoms with Crippen LogP contribution in [0.2, 0.25) is 0 Å². The van der Waals surface area contributed by atoms with E-state index < -0.39 is 0 Å². The van der Waals surface area contributed by atoms with Crippen LogP contribution in [0.1, 0.15) is 31.2 Å². The molecular weight excluding hydrogens is 193 g/mol. The lowest BCUT2D eigenvalue weighted by Crippen LogP contribution is -2.36. The van der Waals surface area contributed by atoms with E-state index in [1.165, 1.54) is 18.2 Å². The van der Waals surface area contributed by atoms with E-state index in [0.29, 0.717) is 6.54 Å². The summed E-state index contributed by atoms with van der Waals surface area (Å²) < 4.78 is 13.1. The number of rotatable bonds is 3. The molecule has 1 saturated carbocycles. The normalized spacial score (nSPS) is 18.5. The molecule has 0 aromatic heterocycles. The number of halogens is 1. The van der Waals surface area contributed by atoms with E-state index in [2.05, 4.69) is 0 Å². The van der Waals surface area contributed by atoms with Crippen LogP contribution in [-0.2, 0) is 5.41 Å². The summed E-state index contributed by atoms with van der Waals surface area (Å²) in [6.45, 7) is 0.579. The Kier molecular flexibility index (Phi) is 2.65. The average Bonchev–Trinajstić information content (AvgIpc) is 2.16. The molecule has 0 radical (unpaired) electrons. The van der Waals surface area contributed by atoms with Crippen molar-refractivity contribution < 1.29 is 9.50 Å². The van der Waals surface area contributed by atoms with Crippen LogP contribution < -0.4 is 5.73 Å². The van der Waals surface area contributed by atoms with Gasteiger partial charge in [0.2, 0.25) is 0 Å². The van der Waals surface area contributed by atoms with Crippen molar-refractivity contribution in [3.05, 3.63) is 29.6 Å². The molecule has 15 heavy (non-hydrogen) atoms. The van der Waals surface area contributed by atoms with Gasteiger partial charge in [0.15, 0.2) is 0 Å². The molecule has 1 aromatic rings. The molecule has 0 spiro atoms. The van der Waals surface area contributed by atoms with Crippen LogP contribution in [0.4, 0.5) is 4.39 Å². The van der Waals surface area contributed by atoms with E-state index in [1.54, 1.807) is 0 Å². The van der Waals surface area contributed by atoms with Gasteiger partial charge in [0, 0.05) is 11.0 Å². The number of phenols is 1. The number of benzene rings is 1. The Morgan fingerprint density at radius 2 is 2.13 bits per heavy atom. The molecule has 0 amide bonds. The summed E-state index contributed by atoms with van der Waals surface area (Å²) in [6, 6.07) is 4.17. The van der Waals surface area contributed by atoms with Crippen molar-refractivity contribution in [3.63, 3.8) is 0 Å². The Balaban J connectivity index is 2.37. The maximum atomic E-state index is 13.1. The van der Waals surface area contributed by atoms with Gasteiger partial charge in [-0.05, 0) is 44.0 Å². The van der Waals surface area contributed by atoms with Crippen molar-refractivity contribution in [1.29, 1.82) is 0 Å². The van der Waals surface area contributed by atoms with Gasteiger partial charge in [-0.15, -0.1) is 0 Å². The van der Waals surface area contributed by atoms with Crippen LogP contribution >= 0.6 is 0 Å². The van der Waals surface area contributed by atoms with Gasteiger partial charge in [0.05, 0.1) is 0 Å². The second-order valence-corrected chi connectivity index (χ2v) is 4.33. The highest BCUT2D eigenvalue weighted by atomic mass is 19.1. The fourth-order valence-electron chi connectivity index (χ4n) is 2.47. The van der Waals surface area contributed by atoms with Crippen LogP contribution in [-0.4, -0.2) is 11.7 Å². The smallest absolute Gasteiger partial charge is 0.123 e. The van der Waals surface area contributed by atoms with Crippen molar-refractivity contribution in [3.8, 4) is 5.75 Å². The van der Waals surface area contributed by atoms with E-state index in [4.69, 9.17) is 5.73 Å². The Morgan fingerprint density at radius 1 is 1.40 bits per heavy atom. The second kappa shape index (κ2) is 3.81. The standard InChI is InChI=1S/C12H16FNO/c13-9-2-3-11(15)10(8-9)12(6-7-14)4-1-5-12/h2-3,8,15H,1,4-7,14H2. The lowest BCUT2D eigenvalue weighted by atomic mass is 9.62. The Bertz CT molecular complexity index is 361. The number of phenolic OH excluding ortho intramolecular Hbond substituents is 1. The minimum absolute atomic E-state index is 0.0685. The molecule has 1 aliphatic carbocycles. The molecule has 1 fully saturated rings. The predicted molar refractivity (Wildman–Crippen MR) is 57.3 cm³/mol. The van der Waals surface area contributed by atoms with Crippen molar-refractivity contribution in [2.45, 2.75) is 31.1 Å². The molecule has 2 nitrogen and oxygen atoms in total. The zero-order valence-electron chi connectivity index (χ0n) is 8.67. The molecule has 0 unspecified atom stereocenters. The SMILES string of the molecule is NCCC1(c2cc(F)ccc2O)CCC1. The van der Waals surface area contributed by atoms with Gasteiger partial charge in [0.1, 0.15) is 11.6 Å². The predicted octanol–water partition coefficient (Wildman–Crippen LogP) is 2.30. The lowest BCUT2D eigenvalue weighted by Gasteiger charge is -2.42. The van der Waals surface area contributed by atoms with Crippen molar-refractivity contribution >= 4 is 0 Å². The maximum Gasteiger partial charge on any atom is 0.123 e. The summed E-state index contributed by atoms with van der Waals surface area (Å²) in [7, 11) is 0.